The molecular formula is C7H10F3NO3. The summed E-state index contributed by atoms with van der Waals surface area (Å²) in [7, 11) is 0. The molecule has 1 amide bonds. The number of halogens is 3. The van der Waals surface area contributed by atoms with Crippen molar-refractivity contribution in [2.45, 2.75) is 24.8 Å². The first-order valence-corrected chi connectivity index (χ1v) is 4.01. The molecule has 14 heavy (non-hydrogen) atoms. The van der Waals surface area contributed by atoms with Crippen molar-refractivity contribution in [3.63, 3.8) is 0 Å². The van der Waals surface area contributed by atoms with Gasteiger partial charge in [0.2, 0.25) is 5.91 Å². The fraction of sp³-hybridized carbons (Fsp3) is 0.857. The number of hydrogen-bond donors (Lipinski definition) is 2. The maximum absolute atomic E-state index is 11.9. The predicted molar refractivity (Wildman–Crippen MR) is 39.3 cm³/mol. The lowest BCUT2D eigenvalue weighted by atomic mass is 10.3. The van der Waals surface area contributed by atoms with E-state index in [-0.39, 0.29) is 13.0 Å². The van der Waals surface area contributed by atoms with Crippen molar-refractivity contribution in [2.24, 2.45) is 0 Å². The van der Waals surface area contributed by atoms with Gasteiger partial charge in [-0.05, 0) is 0 Å². The van der Waals surface area contributed by atoms with Crippen LogP contribution in [0.25, 0.3) is 0 Å². The zero-order valence-corrected chi connectivity index (χ0v) is 7.16. The normalized spacial score (nSPS) is 25.6. The second-order valence-corrected chi connectivity index (χ2v) is 3.21. The van der Waals surface area contributed by atoms with Gasteiger partial charge in [0.1, 0.15) is 0 Å². The first-order chi connectivity index (χ1) is 6.30. The van der Waals surface area contributed by atoms with E-state index in [0.29, 0.717) is 0 Å². The summed E-state index contributed by atoms with van der Waals surface area (Å²) in [6, 6.07) is 0. The maximum atomic E-state index is 11.9. The van der Waals surface area contributed by atoms with Crippen molar-refractivity contribution in [1.29, 1.82) is 0 Å². The van der Waals surface area contributed by atoms with Gasteiger partial charge in [0.15, 0.2) is 6.10 Å². The van der Waals surface area contributed by atoms with Gasteiger partial charge in [-0.3, -0.25) is 4.79 Å². The van der Waals surface area contributed by atoms with Crippen molar-refractivity contribution < 1.29 is 28.2 Å². The Balaban J connectivity index is 2.49. The number of carbonyl (C=O) groups excluding carboxylic acids is 1. The van der Waals surface area contributed by atoms with Gasteiger partial charge in [0.25, 0.3) is 0 Å². The molecule has 1 saturated heterocycles. The highest BCUT2D eigenvalue weighted by Gasteiger charge is 2.41. The fourth-order valence-corrected chi connectivity index (χ4v) is 1.24. The highest BCUT2D eigenvalue weighted by Crippen LogP contribution is 2.22. The van der Waals surface area contributed by atoms with Crippen molar-refractivity contribution in [2.75, 3.05) is 13.1 Å². The summed E-state index contributed by atoms with van der Waals surface area (Å²) < 4.78 is 35.6. The Kier molecular flexibility index (Phi) is 3.01. The van der Waals surface area contributed by atoms with E-state index in [1.807, 2.05) is 0 Å². The first-order valence-electron chi connectivity index (χ1n) is 4.01. The molecule has 2 N–H and O–H groups in total. The van der Waals surface area contributed by atoms with E-state index in [4.69, 9.17) is 10.2 Å². The summed E-state index contributed by atoms with van der Waals surface area (Å²) >= 11 is 0. The van der Waals surface area contributed by atoms with E-state index < -0.39 is 30.8 Å². The molecule has 0 bridgehead atoms. The number of carbonyl (C=O) groups is 1. The minimum Gasteiger partial charge on any atom is -0.391 e. The second-order valence-electron chi connectivity index (χ2n) is 3.21. The van der Waals surface area contributed by atoms with Crippen LogP contribution in [0.5, 0.6) is 0 Å². The summed E-state index contributed by atoms with van der Waals surface area (Å²) in [5.41, 5.74) is 0. The Bertz CT molecular complexity index is 231. The number of amides is 1. The summed E-state index contributed by atoms with van der Waals surface area (Å²) in [5.74, 6) is -0.569. The van der Waals surface area contributed by atoms with Crippen molar-refractivity contribution >= 4 is 5.91 Å². The molecule has 0 aromatic heterocycles. The summed E-state index contributed by atoms with van der Waals surface area (Å²) in [6.07, 6.45) is -8.38. The molecule has 0 radical (unpaired) electrons. The Labute approximate surface area is 77.9 Å². The van der Waals surface area contributed by atoms with Gasteiger partial charge in [-0.15, -0.1) is 0 Å². The highest BCUT2D eigenvalue weighted by atomic mass is 19.4. The number of likely N-dealkylation sites (tertiary alicyclic amines) is 1. The summed E-state index contributed by atoms with van der Waals surface area (Å²) in [4.78, 5) is 11.7. The maximum Gasteiger partial charge on any atom is 0.416 e. The largest absolute Gasteiger partial charge is 0.416 e. The topological polar surface area (TPSA) is 60.8 Å². The molecule has 0 saturated carbocycles. The molecule has 7 heteroatoms. The minimum atomic E-state index is -4.73. The lowest BCUT2D eigenvalue weighted by Crippen LogP contribution is -2.41. The molecule has 4 nitrogen and oxygen atoms in total. The van der Waals surface area contributed by atoms with Crippen LogP contribution in [0.15, 0.2) is 0 Å². The molecule has 82 valence electrons. The van der Waals surface area contributed by atoms with E-state index in [1.54, 1.807) is 0 Å². The molecule has 1 fully saturated rings. The van der Waals surface area contributed by atoms with E-state index in [0.717, 1.165) is 4.90 Å². The molecule has 1 heterocycles. The van der Waals surface area contributed by atoms with Gasteiger partial charge in [0.05, 0.1) is 19.1 Å². The molecule has 0 aromatic rings. The van der Waals surface area contributed by atoms with E-state index in [2.05, 4.69) is 0 Å². The Morgan fingerprint density at radius 1 is 1.57 bits per heavy atom. The third-order valence-electron chi connectivity index (χ3n) is 1.97. The van der Waals surface area contributed by atoms with Crippen molar-refractivity contribution in [3.05, 3.63) is 0 Å². The Morgan fingerprint density at radius 3 is 2.50 bits per heavy atom. The highest BCUT2D eigenvalue weighted by molar-refractivity contribution is 5.79. The number of alkyl halides is 3. The zero-order valence-electron chi connectivity index (χ0n) is 7.16. The average molecular weight is 213 g/mol. The van der Waals surface area contributed by atoms with Gasteiger partial charge < -0.3 is 15.1 Å². The molecule has 0 aromatic carbocycles. The van der Waals surface area contributed by atoms with Gasteiger partial charge >= 0.3 is 6.18 Å². The number of aliphatic hydroxyl groups excluding tert-OH is 2. The summed E-state index contributed by atoms with van der Waals surface area (Å²) in [6.45, 7) is -0.953. The van der Waals surface area contributed by atoms with Crippen molar-refractivity contribution in [1.82, 2.24) is 4.90 Å². The van der Waals surface area contributed by atoms with E-state index >= 15 is 0 Å². The van der Waals surface area contributed by atoms with Crippen molar-refractivity contribution in [3.8, 4) is 0 Å². The van der Waals surface area contributed by atoms with E-state index in [1.165, 1.54) is 0 Å². The molecule has 2 unspecified atom stereocenters. The Morgan fingerprint density at radius 2 is 2.14 bits per heavy atom. The molecule has 2 atom stereocenters. The predicted octanol–water partition coefficient (Wildman–Crippen LogP) is -0.497. The van der Waals surface area contributed by atoms with Gasteiger partial charge in [-0.2, -0.15) is 13.2 Å². The van der Waals surface area contributed by atoms with Gasteiger partial charge in [0, 0.05) is 6.54 Å². The minimum absolute atomic E-state index is 0.147. The SMILES string of the molecule is O=C1CC(O)CN1CC(O)C(F)(F)F. The van der Waals surface area contributed by atoms with E-state index in [9.17, 15) is 18.0 Å². The number of β-amino-alcohol motifs (C(OH)–C–C–N with tert-alkyl or cyclic N) is 2. The lowest BCUT2D eigenvalue weighted by molar-refractivity contribution is -0.207. The standard InChI is InChI=1S/C7H10F3NO3/c8-7(9,10)5(13)3-11-2-4(12)1-6(11)14/h4-5,12-13H,1-3H2. The van der Waals surface area contributed by atoms with Crippen LogP contribution in [-0.4, -0.2) is 52.5 Å². The monoisotopic (exact) mass is 213 g/mol. The smallest absolute Gasteiger partial charge is 0.391 e. The summed E-state index contributed by atoms with van der Waals surface area (Å²) in [5, 5.41) is 17.6. The van der Waals surface area contributed by atoms with Crippen LogP contribution in [0.2, 0.25) is 0 Å². The molecule has 1 aliphatic rings. The molecule has 0 spiro atoms. The lowest BCUT2D eigenvalue weighted by Gasteiger charge is -2.21. The van der Waals surface area contributed by atoms with Crippen LogP contribution in [0.3, 0.4) is 0 Å². The van der Waals surface area contributed by atoms with Crippen LogP contribution in [0.1, 0.15) is 6.42 Å². The van der Waals surface area contributed by atoms with Gasteiger partial charge in [-0.25, -0.2) is 0 Å². The number of nitrogens with zero attached hydrogens (tertiary/aromatic N) is 1. The van der Waals surface area contributed by atoms with Crippen LogP contribution in [0.4, 0.5) is 13.2 Å². The molecule has 0 aliphatic carbocycles. The number of hydrogen-bond acceptors (Lipinski definition) is 3. The quantitative estimate of drug-likeness (QED) is 0.650. The Hall–Kier alpha value is -0.820. The van der Waals surface area contributed by atoms with Crippen LogP contribution in [-0.2, 0) is 4.79 Å². The average Bonchev–Trinajstić information content (AvgIpc) is 2.28. The van der Waals surface area contributed by atoms with Gasteiger partial charge in [-0.1, -0.05) is 0 Å². The fourth-order valence-electron chi connectivity index (χ4n) is 1.24. The second kappa shape index (κ2) is 3.74. The molecule has 1 aliphatic heterocycles. The molecular weight excluding hydrogens is 203 g/mol. The van der Waals surface area contributed by atoms with Crippen LogP contribution >= 0.6 is 0 Å². The van der Waals surface area contributed by atoms with Crippen LogP contribution in [0, 0.1) is 0 Å². The zero-order chi connectivity index (χ0) is 10.9. The molecule has 1 rings (SSSR count). The van der Waals surface area contributed by atoms with Crippen LogP contribution < -0.4 is 0 Å². The number of rotatable bonds is 2. The third kappa shape index (κ3) is 2.58. The first kappa shape index (κ1) is 11.3. The number of aliphatic hydroxyl groups is 2. The third-order valence-corrected chi connectivity index (χ3v) is 1.97.